The number of hydrogen-bond donors (Lipinski definition) is 1. The predicted molar refractivity (Wildman–Crippen MR) is 127 cm³/mol. The largest absolute Gasteiger partial charge is 0.497 e. The van der Waals surface area contributed by atoms with E-state index in [0.717, 1.165) is 37.7 Å². The minimum Gasteiger partial charge on any atom is -0.497 e. The van der Waals surface area contributed by atoms with Crippen molar-refractivity contribution in [2.45, 2.75) is 6.54 Å². The van der Waals surface area contributed by atoms with Gasteiger partial charge in [-0.15, -0.1) is 16.4 Å². The summed E-state index contributed by atoms with van der Waals surface area (Å²) in [5, 5.41) is 12.9. The van der Waals surface area contributed by atoms with Crippen LogP contribution in [0.3, 0.4) is 0 Å². The molecule has 32 heavy (non-hydrogen) atoms. The zero-order chi connectivity index (χ0) is 21.9. The summed E-state index contributed by atoms with van der Waals surface area (Å²) in [6.07, 6.45) is 5.16. The van der Waals surface area contributed by atoms with E-state index in [9.17, 15) is 0 Å². The molecular formula is C23H17ClN6OS. The van der Waals surface area contributed by atoms with E-state index in [1.54, 1.807) is 30.8 Å². The van der Waals surface area contributed by atoms with Gasteiger partial charge in [-0.3, -0.25) is 4.98 Å². The van der Waals surface area contributed by atoms with Gasteiger partial charge in [0.25, 0.3) is 0 Å². The van der Waals surface area contributed by atoms with Crippen molar-refractivity contribution in [2.24, 2.45) is 0 Å². The maximum Gasteiger partial charge on any atom is 0.243 e. The van der Waals surface area contributed by atoms with Gasteiger partial charge in [0.1, 0.15) is 10.8 Å². The molecule has 0 fully saturated rings. The van der Waals surface area contributed by atoms with Crippen LogP contribution in [0.25, 0.3) is 32.6 Å². The van der Waals surface area contributed by atoms with Crippen LogP contribution in [0.1, 0.15) is 5.01 Å². The molecule has 0 radical (unpaired) electrons. The summed E-state index contributed by atoms with van der Waals surface area (Å²) >= 11 is 8.08. The summed E-state index contributed by atoms with van der Waals surface area (Å²) < 4.78 is 6.36. The van der Waals surface area contributed by atoms with Crippen LogP contribution >= 0.6 is 22.9 Å². The Balaban J connectivity index is 1.38. The van der Waals surface area contributed by atoms with Crippen molar-refractivity contribution >= 4 is 39.1 Å². The Labute approximate surface area is 193 Å². The Morgan fingerprint density at radius 1 is 1.03 bits per heavy atom. The first-order valence-electron chi connectivity index (χ1n) is 9.77. The van der Waals surface area contributed by atoms with E-state index >= 15 is 0 Å². The van der Waals surface area contributed by atoms with Gasteiger partial charge in [-0.25, -0.2) is 9.97 Å². The molecule has 5 rings (SSSR count). The van der Waals surface area contributed by atoms with E-state index < -0.39 is 0 Å². The molecule has 0 saturated carbocycles. The first-order chi connectivity index (χ1) is 15.7. The van der Waals surface area contributed by atoms with Crippen molar-refractivity contribution < 1.29 is 4.74 Å². The lowest BCUT2D eigenvalue weighted by Crippen LogP contribution is -2.05. The lowest BCUT2D eigenvalue weighted by atomic mass is 10.0. The zero-order valence-corrected chi connectivity index (χ0v) is 18.6. The molecule has 7 nitrogen and oxygen atoms in total. The van der Waals surface area contributed by atoms with E-state index in [-0.39, 0.29) is 0 Å². The highest BCUT2D eigenvalue weighted by atomic mass is 35.5. The normalized spacial score (nSPS) is 10.9. The van der Waals surface area contributed by atoms with Crippen LogP contribution in [0.15, 0.2) is 67.1 Å². The topological polar surface area (TPSA) is 85.7 Å². The quantitative estimate of drug-likeness (QED) is 0.359. The van der Waals surface area contributed by atoms with Crippen molar-refractivity contribution in [1.82, 2.24) is 25.1 Å². The molecule has 0 unspecified atom stereocenters. The SMILES string of the molecule is COc1ccc2sc(CNc3nncc(-c4cc(-c5cccnc5)ccc4Cl)n3)nc2c1. The Hall–Kier alpha value is -3.62. The minimum atomic E-state index is 0.405. The van der Waals surface area contributed by atoms with Crippen molar-refractivity contribution in [1.29, 1.82) is 0 Å². The number of benzene rings is 2. The molecule has 0 bridgehead atoms. The number of aromatic nitrogens is 5. The van der Waals surface area contributed by atoms with Gasteiger partial charge in [0, 0.05) is 29.6 Å². The Kier molecular flexibility index (Phi) is 5.62. The van der Waals surface area contributed by atoms with Crippen molar-refractivity contribution in [3.8, 4) is 28.1 Å². The summed E-state index contributed by atoms with van der Waals surface area (Å²) in [4.78, 5) is 13.4. The number of nitrogens with one attached hydrogen (secondary N) is 1. The molecule has 158 valence electrons. The number of rotatable bonds is 6. The molecule has 3 heterocycles. The third-order valence-electron chi connectivity index (χ3n) is 4.83. The van der Waals surface area contributed by atoms with Gasteiger partial charge in [0.05, 0.1) is 40.8 Å². The monoisotopic (exact) mass is 460 g/mol. The van der Waals surface area contributed by atoms with Crippen molar-refractivity contribution in [3.63, 3.8) is 0 Å². The molecule has 0 aliphatic carbocycles. The number of hydrogen-bond acceptors (Lipinski definition) is 8. The van der Waals surface area contributed by atoms with Gasteiger partial charge >= 0.3 is 0 Å². The number of fused-ring (bicyclic) bond motifs is 1. The molecule has 0 atom stereocenters. The average molecular weight is 461 g/mol. The number of thiazole rings is 1. The number of ether oxygens (including phenoxy) is 1. The summed E-state index contributed by atoms with van der Waals surface area (Å²) in [6.45, 7) is 0.482. The van der Waals surface area contributed by atoms with Gasteiger partial charge in [-0.1, -0.05) is 23.7 Å². The van der Waals surface area contributed by atoms with Crippen LogP contribution in [-0.2, 0) is 6.54 Å². The molecule has 2 aromatic carbocycles. The van der Waals surface area contributed by atoms with Gasteiger partial charge < -0.3 is 10.1 Å². The number of pyridine rings is 1. The second kappa shape index (κ2) is 8.86. The van der Waals surface area contributed by atoms with Gasteiger partial charge in [-0.2, -0.15) is 5.10 Å². The molecular weight excluding hydrogens is 444 g/mol. The van der Waals surface area contributed by atoms with E-state index in [2.05, 4.69) is 30.5 Å². The second-order valence-electron chi connectivity index (χ2n) is 6.90. The van der Waals surface area contributed by atoms with E-state index in [1.165, 1.54) is 0 Å². The molecule has 1 N–H and O–H groups in total. The number of nitrogens with zero attached hydrogens (tertiary/aromatic N) is 5. The maximum absolute atomic E-state index is 6.47. The third-order valence-corrected chi connectivity index (χ3v) is 6.20. The molecule has 0 amide bonds. The molecule has 0 aliphatic heterocycles. The van der Waals surface area contributed by atoms with Gasteiger partial charge in [-0.05, 0) is 35.9 Å². The standard InChI is InChI=1S/C23H17ClN6OS/c1-31-16-5-7-21-19(10-16)28-22(32-21)13-26-23-29-20(12-27-30-23)17-9-14(4-6-18(17)24)15-3-2-8-25-11-15/h2-12H,13H2,1H3,(H,26,29,30). The van der Waals surface area contributed by atoms with Gasteiger partial charge in [0.2, 0.25) is 5.95 Å². The predicted octanol–water partition coefficient (Wildman–Crippen LogP) is 5.48. The summed E-state index contributed by atoms with van der Waals surface area (Å²) in [5.74, 6) is 1.19. The fourth-order valence-corrected chi connectivity index (χ4v) is 4.36. The number of methoxy groups -OCH3 is 1. The summed E-state index contributed by atoms with van der Waals surface area (Å²) in [5.41, 5.74) is 4.30. The Bertz CT molecular complexity index is 1390. The Morgan fingerprint density at radius 2 is 1.97 bits per heavy atom. The Morgan fingerprint density at radius 3 is 2.81 bits per heavy atom. The highest BCUT2D eigenvalue weighted by molar-refractivity contribution is 7.18. The fraction of sp³-hybridized carbons (Fsp3) is 0.0870. The highest BCUT2D eigenvalue weighted by Gasteiger charge is 2.11. The average Bonchev–Trinajstić information content (AvgIpc) is 3.26. The zero-order valence-electron chi connectivity index (χ0n) is 17.0. The molecule has 9 heteroatoms. The van der Waals surface area contributed by atoms with Crippen LogP contribution in [0.4, 0.5) is 5.95 Å². The maximum atomic E-state index is 6.47. The summed E-state index contributed by atoms with van der Waals surface area (Å²) in [7, 11) is 1.64. The van der Waals surface area contributed by atoms with Gasteiger partial charge in [0.15, 0.2) is 0 Å². The lowest BCUT2D eigenvalue weighted by molar-refractivity contribution is 0.415. The first-order valence-corrected chi connectivity index (χ1v) is 11.0. The molecule has 0 saturated heterocycles. The van der Waals surface area contributed by atoms with E-state index in [0.29, 0.717) is 23.2 Å². The third kappa shape index (κ3) is 4.23. The van der Waals surface area contributed by atoms with Crippen molar-refractivity contribution in [3.05, 3.63) is 77.2 Å². The molecule has 3 aromatic heterocycles. The lowest BCUT2D eigenvalue weighted by Gasteiger charge is -2.08. The van der Waals surface area contributed by atoms with Crippen LogP contribution in [-0.4, -0.2) is 32.3 Å². The molecule has 5 aromatic rings. The number of anilines is 1. The van der Waals surface area contributed by atoms with E-state index in [4.69, 9.17) is 16.3 Å². The molecule has 0 aliphatic rings. The van der Waals surface area contributed by atoms with Crippen LogP contribution in [0.5, 0.6) is 5.75 Å². The number of halogens is 1. The van der Waals surface area contributed by atoms with E-state index in [1.807, 2.05) is 54.7 Å². The van der Waals surface area contributed by atoms with Crippen LogP contribution < -0.4 is 10.1 Å². The smallest absolute Gasteiger partial charge is 0.243 e. The highest BCUT2D eigenvalue weighted by Crippen LogP contribution is 2.31. The van der Waals surface area contributed by atoms with Crippen molar-refractivity contribution in [2.75, 3.05) is 12.4 Å². The second-order valence-corrected chi connectivity index (χ2v) is 8.42. The first kappa shape index (κ1) is 20.3. The van der Waals surface area contributed by atoms with Crippen LogP contribution in [0.2, 0.25) is 5.02 Å². The van der Waals surface area contributed by atoms with Crippen LogP contribution in [0, 0.1) is 0 Å². The molecule has 0 spiro atoms. The summed E-state index contributed by atoms with van der Waals surface area (Å²) in [6, 6.07) is 15.5. The fourth-order valence-electron chi connectivity index (χ4n) is 3.26. The minimum absolute atomic E-state index is 0.405.